The molecular formula is C13H18N4O2S2. The molecule has 21 heavy (non-hydrogen) atoms. The molecule has 114 valence electrons. The molecule has 0 aliphatic carbocycles. The maximum atomic E-state index is 12.5. The number of hydrogen-bond acceptors (Lipinski definition) is 6. The van der Waals surface area contributed by atoms with Crippen LogP contribution in [0.15, 0.2) is 23.1 Å². The molecule has 1 heterocycles. The van der Waals surface area contributed by atoms with Gasteiger partial charge in [0.1, 0.15) is 5.01 Å². The van der Waals surface area contributed by atoms with Gasteiger partial charge in [-0.3, -0.25) is 4.72 Å². The third-order valence-corrected chi connectivity index (χ3v) is 5.51. The number of aromatic nitrogens is 2. The highest BCUT2D eigenvalue weighted by Gasteiger charge is 2.19. The van der Waals surface area contributed by atoms with E-state index in [1.807, 2.05) is 20.0 Å². The van der Waals surface area contributed by atoms with Crippen LogP contribution in [0.1, 0.15) is 23.1 Å². The van der Waals surface area contributed by atoms with Gasteiger partial charge in [0.15, 0.2) is 0 Å². The fourth-order valence-electron chi connectivity index (χ4n) is 1.86. The van der Waals surface area contributed by atoms with E-state index in [2.05, 4.69) is 20.2 Å². The van der Waals surface area contributed by atoms with Crippen LogP contribution in [0.4, 0.5) is 5.13 Å². The second kappa shape index (κ2) is 6.50. The summed E-state index contributed by atoms with van der Waals surface area (Å²) in [5, 5.41) is 11.9. The van der Waals surface area contributed by atoms with Gasteiger partial charge < -0.3 is 5.32 Å². The molecule has 0 saturated carbocycles. The van der Waals surface area contributed by atoms with Gasteiger partial charge in [-0.1, -0.05) is 30.4 Å². The van der Waals surface area contributed by atoms with E-state index in [9.17, 15) is 8.42 Å². The number of benzene rings is 1. The van der Waals surface area contributed by atoms with Gasteiger partial charge >= 0.3 is 0 Å². The minimum Gasteiger partial charge on any atom is -0.316 e. The molecule has 2 rings (SSSR count). The second-order valence-corrected chi connectivity index (χ2v) is 7.30. The molecule has 1 aromatic heterocycles. The lowest BCUT2D eigenvalue weighted by Gasteiger charge is -2.10. The van der Waals surface area contributed by atoms with Gasteiger partial charge in [0.2, 0.25) is 5.13 Å². The summed E-state index contributed by atoms with van der Waals surface area (Å²) in [6.07, 6.45) is 0.732. The predicted octanol–water partition coefficient (Wildman–Crippen LogP) is 1.93. The van der Waals surface area contributed by atoms with E-state index in [0.29, 0.717) is 17.2 Å². The number of nitrogens with one attached hydrogen (secondary N) is 2. The van der Waals surface area contributed by atoms with Crippen LogP contribution in [0.5, 0.6) is 0 Å². The van der Waals surface area contributed by atoms with E-state index in [-0.39, 0.29) is 4.90 Å². The minimum absolute atomic E-state index is 0.267. The zero-order chi connectivity index (χ0) is 15.5. The first-order valence-electron chi connectivity index (χ1n) is 6.55. The first kappa shape index (κ1) is 15.9. The van der Waals surface area contributed by atoms with Crippen molar-refractivity contribution in [1.82, 2.24) is 15.5 Å². The molecular weight excluding hydrogens is 308 g/mol. The Morgan fingerprint density at radius 3 is 2.67 bits per heavy atom. The van der Waals surface area contributed by atoms with Crippen LogP contribution in [0.25, 0.3) is 0 Å². The second-order valence-electron chi connectivity index (χ2n) is 4.59. The van der Waals surface area contributed by atoms with Crippen LogP contribution >= 0.6 is 11.3 Å². The monoisotopic (exact) mass is 326 g/mol. The molecule has 2 aromatic rings. The lowest BCUT2D eigenvalue weighted by molar-refractivity contribution is 0.600. The molecule has 8 heteroatoms. The van der Waals surface area contributed by atoms with Crippen molar-refractivity contribution in [2.45, 2.75) is 31.7 Å². The molecule has 0 aliphatic heterocycles. The lowest BCUT2D eigenvalue weighted by atomic mass is 10.1. The van der Waals surface area contributed by atoms with Gasteiger partial charge in [-0.05, 0) is 37.6 Å². The van der Waals surface area contributed by atoms with Gasteiger partial charge in [0.25, 0.3) is 10.0 Å². The Morgan fingerprint density at radius 1 is 1.29 bits per heavy atom. The van der Waals surface area contributed by atoms with Crippen molar-refractivity contribution in [1.29, 1.82) is 0 Å². The zero-order valence-corrected chi connectivity index (χ0v) is 13.8. The topological polar surface area (TPSA) is 84.0 Å². The standard InChI is InChI=1S/C13H18N4O2S2/c1-4-12-15-16-13(20-12)17-21(18,19)11-7-10(8-14-3)6-5-9(11)2/h5-7,14H,4,8H2,1-3H3,(H,16,17). The summed E-state index contributed by atoms with van der Waals surface area (Å²) in [5.41, 5.74) is 1.61. The molecule has 0 aliphatic rings. The first-order valence-corrected chi connectivity index (χ1v) is 8.85. The zero-order valence-electron chi connectivity index (χ0n) is 12.2. The number of anilines is 1. The summed E-state index contributed by atoms with van der Waals surface area (Å²) in [7, 11) is -1.83. The average Bonchev–Trinajstić information content (AvgIpc) is 2.88. The molecule has 0 radical (unpaired) electrons. The largest absolute Gasteiger partial charge is 0.316 e. The molecule has 0 unspecified atom stereocenters. The summed E-state index contributed by atoms with van der Waals surface area (Å²) >= 11 is 1.25. The highest BCUT2D eigenvalue weighted by molar-refractivity contribution is 7.93. The average molecular weight is 326 g/mol. The summed E-state index contributed by atoms with van der Waals surface area (Å²) < 4.78 is 27.5. The fourth-order valence-corrected chi connectivity index (χ4v) is 4.06. The quantitative estimate of drug-likeness (QED) is 0.847. The molecule has 0 amide bonds. The van der Waals surface area contributed by atoms with Crippen molar-refractivity contribution >= 4 is 26.5 Å². The van der Waals surface area contributed by atoms with Crippen LogP contribution in [0.3, 0.4) is 0 Å². The highest BCUT2D eigenvalue weighted by Crippen LogP contribution is 2.23. The number of rotatable bonds is 6. The number of nitrogens with zero attached hydrogens (tertiary/aromatic N) is 2. The molecule has 0 spiro atoms. The van der Waals surface area contributed by atoms with E-state index >= 15 is 0 Å². The van der Waals surface area contributed by atoms with Crippen LogP contribution in [-0.4, -0.2) is 25.7 Å². The maximum Gasteiger partial charge on any atom is 0.263 e. The summed E-state index contributed by atoms with van der Waals surface area (Å²) in [5.74, 6) is 0. The lowest BCUT2D eigenvalue weighted by Crippen LogP contribution is -2.15. The molecule has 2 N–H and O–H groups in total. The van der Waals surface area contributed by atoms with E-state index in [0.717, 1.165) is 17.0 Å². The Hall–Kier alpha value is -1.51. The molecule has 6 nitrogen and oxygen atoms in total. The van der Waals surface area contributed by atoms with Gasteiger partial charge in [0, 0.05) is 6.54 Å². The van der Waals surface area contributed by atoms with Crippen molar-refractivity contribution in [3.05, 3.63) is 34.3 Å². The van der Waals surface area contributed by atoms with Gasteiger partial charge in [-0.25, -0.2) is 8.42 Å². The van der Waals surface area contributed by atoms with Crippen molar-refractivity contribution < 1.29 is 8.42 Å². The van der Waals surface area contributed by atoms with Crippen molar-refractivity contribution in [2.75, 3.05) is 11.8 Å². The van der Waals surface area contributed by atoms with E-state index in [4.69, 9.17) is 0 Å². The molecule has 0 fully saturated rings. The number of sulfonamides is 1. The van der Waals surface area contributed by atoms with Crippen LogP contribution in [0, 0.1) is 6.92 Å². The molecule has 0 saturated heterocycles. The maximum absolute atomic E-state index is 12.5. The smallest absolute Gasteiger partial charge is 0.263 e. The molecule has 1 aromatic carbocycles. The fraction of sp³-hybridized carbons (Fsp3) is 0.385. The molecule has 0 bridgehead atoms. The number of aryl methyl sites for hydroxylation is 2. The Balaban J connectivity index is 2.32. The Morgan fingerprint density at radius 2 is 2.05 bits per heavy atom. The number of hydrogen-bond donors (Lipinski definition) is 2. The highest BCUT2D eigenvalue weighted by atomic mass is 32.2. The Labute approximate surface area is 128 Å². The van der Waals surface area contributed by atoms with Crippen molar-refractivity contribution in [3.8, 4) is 0 Å². The summed E-state index contributed by atoms with van der Waals surface area (Å²) in [6.45, 7) is 4.33. The first-order chi connectivity index (χ1) is 9.96. The van der Waals surface area contributed by atoms with Gasteiger partial charge in [-0.15, -0.1) is 10.2 Å². The normalized spacial score (nSPS) is 11.6. The summed E-state index contributed by atoms with van der Waals surface area (Å²) in [4.78, 5) is 0.267. The van der Waals surface area contributed by atoms with Crippen LogP contribution in [0.2, 0.25) is 0 Å². The van der Waals surface area contributed by atoms with E-state index in [1.54, 1.807) is 19.1 Å². The van der Waals surface area contributed by atoms with E-state index in [1.165, 1.54) is 11.3 Å². The van der Waals surface area contributed by atoms with Gasteiger partial charge in [0.05, 0.1) is 4.90 Å². The van der Waals surface area contributed by atoms with Crippen LogP contribution < -0.4 is 10.0 Å². The predicted molar refractivity (Wildman–Crippen MR) is 84.0 cm³/mol. The third-order valence-electron chi connectivity index (χ3n) is 2.91. The summed E-state index contributed by atoms with van der Waals surface area (Å²) in [6, 6.07) is 5.39. The Bertz CT molecular complexity index is 726. The van der Waals surface area contributed by atoms with Gasteiger partial charge in [-0.2, -0.15) is 0 Å². The SMILES string of the molecule is CCc1nnc(NS(=O)(=O)c2cc(CNC)ccc2C)s1. The molecule has 0 atom stereocenters. The van der Waals surface area contributed by atoms with Crippen LogP contribution in [-0.2, 0) is 23.0 Å². The minimum atomic E-state index is -3.65. The third kappa shape index (κ3) is 3.78. The Kier molecular flexibility index (Phi) is 4.92. The van der Waals surface area contributed by atoms with E-state index < -0.39 is 10.0 Å². The van der Waals surface area contributed by atoms with Crippen molar-refractivity contribution in [2.24, 2.45) is 0 Å². The van der Waals surface area contributed by atoms with Crippen molar-refractivity contribution in [3.63, 3.8) is 0 Å².